The maximum atomic E-state index is 12.6. The van der Waals surface area contributed by atoms with Crippen LogP contribution in [0, 0.1) is 6.92 Å². The molecule has 1 aromatic heterocycles. The number of rotatable bonds is 6. The fraction of sp³-hybridized carbons (Fsp3) is 0.565. The summed E-state index contributed by atoms with van der Waals surface area (Å²) >= 11 is 6.33. The van der Waals surface area contributed by atoms with Crippen LogP contribution in [0.15, 0.2) is 27.4 Å². The quantitative estimate of drug-likeness (QED) is 0.683. The van der Waals surface area contributed by atoms with Crippen LogP contribution in [0.3, 0.4) is 0 Å². The Morgan fingerprint density at radius 2 is 1.94 bits per heavy atom. The van der Waals surface area contributed by atoms with E-state index in [0.717, 1.165) is 50.1 Å². The molecule has 7 nitrogen and oxygen atoms in total. The standard InChI is InChI=1S/C23H29ClN2O5/c1-16-11-22(28)31-19-13-20(18(24)12-17(16)19)30-14-21(27)25-15-23(5-3-2-4-6-23)26-7-9-29-10-8-26/h11-13H,2-10,14-15H2,1H3,(H,25,27). The zero-order valence-corrected chi connectivity index (χ0v) is 18.6. The van der Waals surface area contributed by atoms with E-state index in [1.54, 1.807) is 12.1 Å². The first kappa shape index (κ1) is 22.1. The van der Waals surface area contributed by atoms with Gasteiger partial charge in [-0.15, -0.1) is 0 Å². The summed E-state index contributed by atoms with van der Waals surface area (Å²) in [6, 6.07) is 4.68. The van der Waals surface area contributed by atoms with Gasteiger partial charge in [0.2, 0.25) is 0 Å². The van der Waals surface area contributed by atoms with E-state index in [2.05, 4.69) is 10.2 Å². The number of hydrogen-bond donors (Lipinski definition) is 1. The van der Waals surface area contributed by atoms with Gasteiger partial charge in [-0.05, 0) is 31.4 Å². The Hall–Kier alpha value is -2.09. The Kier molecular flexibility index (Phi) is 6.84. The van der Waals surface area contributed by atoms with E-state index in [9.17, 15) is 9.59 Å². The summed E-state index contributed by atoms with van der Waals surface area (Å²) in [6.07, 6.45) is 5.79. The fourth-order valence-electron chi connectivity index (χ4n) is 4.74. The van der Waals surface area contributed by atoms with Crippen molar-refractivity contribution < 1.29 is 18.7 Å². The molecule has 8 heteroatoms. The number of morpholine rings is 1. The highest BCUT2D eigenvalue weighted by atomic mass is 35.5. The topological polar surface area (TPSA) is 81.0 Å². The van der Waals surface area contributed by atoms with Crippen molar-refractivity contribution in [1.82, 2.24) is 10.2 Å². The van der Waals surface area contributed by atoms with Crippen molar-refractivity contribution in [2.24, 2.45) is 0 Å². The Morgan fingerprint density at radius 3 is 2.68 bits per heavy atom. The molecular formula is C23H29ClN2O5. The van der Waals surface area contributed by atoms with Crippen LogP contribution in [0.4, 0.5) is 0 Å². The van der Waals surface area contributed by atoms with Gasteiger partial charge in [0.25, 0.3) is 5.91 Å². The van der Waals surface area contributed by atoms with Crippen molar-refractivity contribution in [3.05, 3.63) is 39.2 Å². The molecular weight excluding hydrogens is 420 g/mol. The third-order valence-electron chi connectivity index (χ3n) is 6.44. The minimum atomic E-state index is -0.433. The SMILES string of the molecule is Cc1cc(=O)oc2cc(OCC(=O)NCC3(N4CCOCC4)CCCCC3)c(Cl)cc12. The van der Waals surface area contributed by atoms with E-state index < -0.39 is 5.63 Å². The second-order valence-corrected chi connectivity index (χ2v) is 8.88. The molecule has 2 fully saturated rings. The Balaban J connectivity index is 1.39. The van der Waals surface area contributed by atoms with Gasteiger partial charge in [0.05, 0.1) is 18.2 Å². The number of hydrogen-bond acceptors (Lipinski definition) is 6. The molecule has 0 bridgehead atoms. The van der Waals surface area contributed by atoms with Gasteiger partial charge in [0.15, 0.2) is 6.61 Å². The number of carbonyl (C=O) groups is 1. The van der Waals surface area contributed by atoms with E-state index in [-0.39, 0.29) is 18.1 Å². The normalized spacial score (nSPS) is 19.3. The van der Waals surface area contributed by atoms with E-state index in [1.165, 1.54) is 25.3 Å². The minimum absolute atomic E-state index is 0.000776. The summed E-state index contributed by atoms with van der Waals surface area (Å²) in [5.41, 5.74) is 0.729. The van der Waals surface area contributed by atoms with Crippen molar-refractivity contribution in [2.45, 2.75) is 44.6 Å². The smallest absolute Gasteiger partial charge is 0.336 e. The van der Waals surface area contributed by atoms with Crippen LogP contribution in [-0.4, -0.2) is 55.8 Å². The van der Waals surface area contributed by atoms with Crippen molar-refractivity contribution in [1.29, 1.82) is 0 Å². The predicted octanol–water partition coefficient (Wildman–Crippen LogP) is 3.28. The first-order chi connectivity index (χ1) is 15.0. The second kappa shape index (κ2) is 9.59. The lowest BCUT2D eigenvalue weighted by molar-refractivity contribution is -0.124. The summed E-state index contributed by atoms with van der Waals surface area (Å²) in [6.45, 7) is 5.57. The van der Waals surface area contributed by atoms with Gasteiger partial charge < -0.3 is 19.2 Å². The van der Waals surface area contributed by atoms with Crippen LogP contribution in [0.2, 0.25) is 5.02 Å². The lowest BCUT2D eigenvalue weighted by atomic mass is 9.79. The maximum absolute atomic E-state index is 12.6. The maximum Gasteiger partial charge on any atom is 0.336 e. The summed E-state index contributed by atoms with van der Waals surface area (Å²) in [7, 11) is 0. The Labute approximate surface area is 186 Å². The van der Waals surface area contributed by atoms with Crippen LogP contribution < -0.4 is 15.7 Å². The number of ether oxygens (including phenoxy) is 2. The molecule has 1 saturated carbocycles. The lowest BCUT2D eigenvalue weighted by Crippen LogP contribution is -2.60. The average molecular weight is 449 g/mol. The zero-order chi connectivity index (χ0) is 21.8. The van der Waals surface area contributed by atoms with Gasteiger partial charge in [0, 0.05) is 42.7 Å². The van der Waals surface area contributed by atoms with E-state index >= 15 is 0 Å². The van der Waals surface area contributed by atoms with Crippen LogP contribution in [-0.2, 0) is 9.53 Å². The van der Waals surface area contributed by atoms with Gasteiger partial charge in [-0.25, -0.2) is 4.79 Å². The summed E-state index contributed by atoms with van der Waals surface area (Å²) < 4.78 is 16.4. The molecule has 1 amide bonds. The third-order valence-corrected chi connectivity index (χ3v) is 6.74. The highest BCUT2D eigenvalue weighted by Crippen LogP contribution is 2.34. The first-order valence-corrected chi connectivity index (χ1v) is 11.3. The van der Waals surface area contributed by atoms with Gasteiger partial charge >= 0.3 is 5.63 Å². The highest BCUT2D eigenvalue weighted by molar-refractivity contribution is 6.32. The Morgan fingerprint density at radius 1 is 1.19 bits per heavy atom. The average Bonchev–Trinajstić information content (AvgIpc) is 2.78. The molecule has 2 heterocycles. The number of benzene rings is 1. The molecule has 1 N–H and O–H groups in total. The van der Waals surface area contributed by atoms with Crippen LogP contribution >= 0.6 is 11.6 Å². The van der Waals surface area contributed by atoms with E-state index in [1.807, 2.05) is 6.92 Å². The largest absolute Gasteiger partial charge is 0.482 e. The van der Waals surface area contributed by atoms with Crippen molar-refractivity contribution in [2.75, 3.05) is 39.5 Å². The molecule has 0 radical (unpaired) electrons. The number of nitrogens with one attached hydrogen (secondary N) is 1. The fourth-order valence-corrected chi connectivity index (χ4v) is 4.96. The summed E-state index contributed by atoms with van der Waals surface area (Å²) in [5.74, 6) is 0.124. The zero-order valence-electron chi connectivity index (χ0n) is 17.9. The van der Waals surface area contributed by atoms with Crippen LogP contribution in [0.25, 0.3) is 11.0 Å². The molecule has 1 saturated heterocycles. The third kappa shape index (κ3) is 5.05. The molecule has 2 aromatic rings. The lowest BCUT2D eigenvalue weighted by Gasteiger charge is -2.48. The number of halogens is 1. The summed E-state index contributed by atoms with van der Waals surface area (Å²) in [5, 5.41) is 4.18. The van der Waals surface area contributed by atoms with Crippen LogP contribution in [0.5, 0.6) is 5.75 Å². The number of carbonyl (C=O) groups excluding carboxylic acids is 1. The predicted molar refractivity (Wildman–Crippen MR) is 119 cm³/mol. The number of nitrogens with zero attached hydrogens (tertiary/aromatic N) is 1. The highest BCUT2D eigenvalue weighted by Gasteiger charge is 2.38. The number of amides is 1. The molecule has 1 aliphatic heterocycles. The van der Waals surface area contributed by atoms with Gasteiger partial charge in [-0.3, -0.25) is 9.69 Å². The molecule has 31 heavy (non-hydrogen) atoms. The molecule has 168 valence electrons. The molecule has 0 spiro atoms. The number of fused-ring (bicyclic) bond motifs is 1. The monoisotopic (exact) mass is 448 g/mol. The molecule has 0 atom stereocenters. The first-order valence-electron chi connectivity index (χ1n) is 10.9. The Bertz CT molecular complexity index is 993. The second-order valence-electron chi connectivity index (χ2n) is 8.48. The van der Waals surface area contributed by atoms with Crippen LogP contribution in [0.1, 0.15) is 37.7 Å². The molecule has 1 aromatic carbocycles. The molecule has 0 unspecified atom stereocenters. The molecule has 2 aliphatic rings. The van der Waals surface area contributed by atoms with E-state index in [4.69, 9.17) is 25.5 Å². The van der Waals surface area contributed by atoms with Crippen molar-refractivity contribution in [3.63, 3.8) is 0 Å². The van der Waals surface area contributed by atoms with Gasteiger partial charge in [-0.1, -0.05) is 30.9 Å². The molecule has 4 rings (SSSR count). The number of aryl methyl sites for hydroxylation is 1. The van der Waals surface area contributed by atoms with Gasteiger partial charge in [-0.2, -0.15) is 0 Å². The van der Waals surface area contributed by atoms with Crippen molar-refractivity contribution in [3.8, 4) is 5.75 Å². The minimum Gasteiger partial charge on any atom is -0.482 e. The van der Waals surface area contributed by atoms with Crippen molar-refractivity contribution >= 4 is 28.5 Å². The summed E-state index contributed by atoms with van der Waals surface area (Å²) in [4.78, 5) is 26.7. The van der Waals surface area contributed by atoms with E-state index in [0.29, 0.717) is 22.9 Å². The van der Waals surface area contributed by atoms with Gasteiger partial charge in [0.1, 0.15) is 11.3 Å². The molecule has 1 aliphatic carbocycles.